The molecule has 0 amide bonds. The lowest BCUT2D eigenvalue weighted by Gasteiger charge is -2.11. The molecule has 0 aliphatic carbocycles. The Kier molecular flexibility index (Phi) is 7.21. The van der Waals surface area contributed by atoms with E-state index in [-0.39, 0.29) is 0 Å². The number of benzene rings is 10. The molecule has 14 aromatic rings. The van der Waals surface area contributed by atoms with E-state index in [1.54, 1.807) is 11.3 Å². The minimum Gasteiger partial charge on any atom is -0.455 e. The number of furan rings is 1. The van der Waals surface area contributed by atoms with Gasteiger partial charge in [0.1, 0.15) is 11.2 Å². The van der Waals surface area contributed by atoms with Crippen LogP contribution in [0.1, 0.15) is 0 Å². The van der Waals surface area contributed by atoms with E-state index in [4.69, 9.17) is 19.4 Å². The normalized spacial score (nSPS) is 12.1. The van der Waals surface area contributed by atoms with Crippen molar-refractivity contribution in [2.75, 3.05) is 0 Å². The van der Waals surface area contributed by atoms with Crippen molar-refractivity contribution in [1.82, 2.24) is 19.5 Å². The van der Waals surface area contributed by atoms with Gasteiger partial charge in [-0.1, -0.05) is 127 Å². The van der Waals surface area contributed by atoms with E-state index in [2.05, 4.69) is 168 Å². The molecular weight excluding hydrogens is 789 g/mol. The molecule has 0 unspecified atom stereocenters. The lowest BCUT2D eigenvalue weighted by Crippen LogP contribution is -2.00. The van der Waals surface area contributed by atoms with Gasteiger partial charge in [0.2, 0.25) is 0 Å². The lowest BCUT2D eigenvalue weighted by molar-refractivity contribution is 0.670. The van der Waals surface area contributed by atoms with Crippen molar-refractivity contribution >= 4 is 108 Å². The van der Waals surface area contributed by atoms with Crippen LogP contribution in [0.4, 0.5) is 0 Å². The van der Waals surface area contributed by atoms with Gasteiger partial charge in [-0.15, -0.1) is 11.3 Å². The van der Waals surface area contributed by atoms with Crippen molar-refractivity contribution in [2.45, 2.75) is 0 Å². The van der Waals surface area contributed by atoms with E-state index in [1.807, 2.05) is 30.3 Å². The first-order chi connectivity index (χ1) is 31.2. The Morgan fingerprint density at radius 3 is 1.97 bits per heavy atom. The van der Waals surface area contributed by atoms with E-state index < -0.39 is 0 Å². The van der Waals surface area contributed by atoms with Crippen LogP contribution in [0.5, 0.6) is 0 Å². The predicted molar refractivity (Wildman–Crippen MR) is 263 cm³/mol. The summed E-state index contributed by atoms with van der Waals surface area (Å²) >= 11 is 1.80. The SMILES string of the molecule is c1ccc(-c2nc(-c3ccc4sc5ccccc5c4c3)nc(-c3cccc4c3oc3ccc5cc(-n6c7cc8ccccc8cc7c7c8ccccc8ccc76)ccc5c34)n2)cc1. The van der Waals surface area contributed by atoms with E-state index in [0.717, 1.165) is 55.1 Å². The number of para-hydroxylation sites is 1. The molecule has 0 aliphatic heterocycles. The Morgan fingerprint density at radius 2 is 1.08 bits per heavy atom. The zero-order valence-electron chi connectivity index (χ0n) is 33.6. The number of fused-ring (bicyclic) bond motifs is 14. The number of rotatable bonds is 4. The van der Waals surface area contributed by atoms with Crippen molar-refractivity contribution in [1.29, 1.82) is 0 Å². The van der Waals surface area contributed by atoms with Crippen LogP contribution in [0.15, 0.2) is 199 Å². The van der Waals surface area contributed by atoms with Crippen LogP contribution in [0, 0.1) is 0 Å². The third kappa shape index (κ3) is 5.19. The molecule has 0 N–H and O–H groups in total. The second-order valence-corrected chi connectivity index (χ2v) is 17.4. The Labute approximate surface area is 363 Å². The van der Waals surface area contributed by atoms with Crippen molar-refractivity contribution in [3.63, 3.8) is 0 Å². The van der Waals surface area contributed by atoms with Crippen LogP contribution >= 0.6 is 11.3 Å². The van der Waals surface area contributed by atoms with Gasteiger partial charge in [0.15, 0.2) is 17.5 Å². The highest BCUT2D eigenvalue weighted by molar-refractivity contribution is 7.25. The summed E-state index contributed by atoms with van der Waals surface area (Å²) in [5, 5.41) is 14.3. The summed E-state index contributed by atoms with van der Waals surface area (Å²) in [4.78, 5) is 15.4. The largest absolute Gasteiger partial charge is 0.455 e. The molecule has 0 atom stereocenters. The average molecular weight is 821 g/mol. The summed E-state index contributed by atoms with van der Waals surface area (Å²) < 4.78 is 11.8. The van der Waals surface area contributed by atoms with Gasteiger partial charge in [-0.05, 0) is 99.0 Å². The first-order valence-electron chi connectivity index (χ1n) is 21.2. The molecule has 5 nitrogen and oxygen atoms in total. The van der Waals surface area contributed by atoms with Gasteiger partial charge >= 0.3 is 0 Å². The molecule has 4 aromatic heterocycles. The van der Waals surface area contributed by atoms with Gasteiger partial charge in [-0.25, -0.2) is 15.0 Å². The standard InChI is InChI=1S/C57H32N4OS/c1-2-12-34(13-3-1)55-58-56(38-23-28-51-45(31-38)42-17-8-9-20-50(42)63-51)60-57(59-55)44-19-10-18-43-53-41-25-24-39(29-37(41)22-27-49(53)62-54(43)44)61-47-26-21-33-11-6-7-16-40(33)52(47)46-30-35-14-4-5-15-36(35)32-48(46)61/h1-32H. The molecule has 63 heavy (non-hydrogen) atoms. The van der Waals surface area contributed by atoms with Crippen LogP contribution in [0.25, 0.3) is 136 Å². The fraction of sp³-hybridized carbons (Fsp3) is 0. The molecule has 0 saturated carbocycles. The molecule has 14 rings (SSSR count). The summed E-state index contributed by atoms with van der Waals surface area (Å²) in [7, 11) is 0. The van der Waals surface area contributed by atoms with Gasteiger partial charge in [0.05, 0.1) is 16.6 Å². The number of nitrogens with zero attached hydrogens (tertiary/aromatic N) is 4. The van der Waals surface area contributed by atoms with Crippen molar-refractivity contribution in [2.24, 2.45) is 0 Å². The van der Waals surface area contributed by atoms with Gasteiger partial charge < -0.3 is 8.98 Å². The number of thiophene rings is 1. The molecule has 0 saturated heterocycles. The van der Waals surface area contributed by atoms with Crippen molar-refractivity contribution in [3.05, 3.63) is 194 Å². The highest BCUT2D eigenvalue weighted by Crippen LogP contribution is 2.43. The Bertz CT molecular complexity index is 4220. The maximum atomic E-state index is 6.83. The second-order valence-electron chi connectivity index (χ2n) is 16.3. The molecule has 0 fully saturated rings. The zero-order chi connectivity index (χ0) is 41.2. The summed E-state index contributed by atoms with van der Waals surface area (Å²) in [5.74, 6) is 1.80. The number of hydrogen-bond donors (Lipinski definition) is 0. The predicted octanol–water partition coefficient (Wildman–Crippen LogP) is 15.7. The van der Waals surface area contributed by atoms with Crippen LogP contribution < -0.4 is 0 Å². The maximum Gasteiger partial charge on any atom is 0.167 e. The molecule has 0 spiro atoms. The quantitative estimate of drug-likeness (QED) is 0.177. The van der Waals surface area contributed by atoms with Crippen molar-refractivity contribution in [3.8, 4) is 39.9 Å². The maximum absolute atomic E-state index is 6.83. The van der Waals surface area contributed by atoms with Crippen LogP contribution in [-0.2, 0) is 0 Å². The van der Waals surface area contributed by atoms with Crippen LogP contribution in [-0.4, -0.2) is 19.5 Å². The van der Waals surface area contributed by atoms with Gasteiger partial charge in [-0.2, -0.15) is 0 Å². The average Bonchev–Trinajstić information content (AvgIpc) is 4.02. The minimum absolute atomic E-state index is 0.566. The third-order valence-electron chi connectivity index (χ3n) is 12.8. The van der Waals surface area contributed by atoms with E-state index >= 15 is 0 Å². The first kappa shape index (κ1) is 34.5. The fourth-order valence-electron chi connectivity index (χ4n) is 9.89. The van der Waals surface area contributed by atoms with Crippen LogP contribution in [0.3, 0.4) is 0 Å². The summed E-state index contributed by atoms with van der Waals surface area (Å²) in [6.45, 7) is 0. The Morgan fingerprint density at radius 1 is 0.381 bits per heavy atom. The third-order valence-corrected chi connectivity index (χ3v) is 13.9. The molecule has 0 bridgehead atoms. The molecule has 4 heterocycles. The highest BCUT2D eigenvalue weighted by atomic mass is 32.1. The molecule has 10 aromatic carbocycles. The van der Waals surface area contributed by atoms with Crippen molar-refractivity contribution < 1.29 is 4.42 Å². The fourth-order valence-corrected chi connectivity index (χ4v) is 11.0. The smallest absolute Gasteiger partial charge is 0.167 e. The Balaban J connectivity index is 0.957. The minimum atomic E-state index is 0.566. The molecule has 292 valence electrons. The highest BCUT2D eigenvalue weighted by Gasteiger charge is 2.21. The zero-order valence-corrected chi connectivity index (χ0v) is 34.4. The molecular formula is C57H32N4OS. The topological polar surface area (TPSA) is 56.7 Å². The number of aromatic nitrogens is 4. The number of hydrogen-bond acceptors (Lipinski definition) is 5. The van der Waals surface area contributed by atoms with Gasteiger partial charge in [0.25, 0.3) is 0 Å². The van der Waals surface area contributed by atoms with E-state index in [1.165, 1.54) is 63.5 Å². The van der Waals surface area contributed by atoms with E-state index in [0.29, 0.717) is 17.5 Å². The lowest BCUT2D eigenvalue weighted by atomic mass is 10.0. The molecule has 6 heteroatoms. The van der Waals surface area contributed by atoms with Crippen LogP contribution in [0.2, 0.25) is 0 Å². The molecule has 0 radical (unpaired) electrons. The summed E-state index contributed by atoms with van der Waals surface area (Å²) in [6, 6.07) is 69.2. The summed E-state index contributed by atoms with van der Waals surface area (Å²) in [5.41, 5.74) is 7.74. The Hall–Kier alpha value is -8.19. The first-order valence-corrected chi connectivity index (χ1v) is 22.0. The van der Waals surface area contributed by atoms with Gasteiger partial charge in [0, 0.05) is 58.5 Å². The molecule has 0 aliphatic rings. The van der Waals surface area contributed by atoms with Gasteiger partial charge in [-0.3, -0.25) is 0 Å². The monoisotopic (exact) mass is 820 g/mol. The second kappa shape index (κ2) is 13.2. The summed E-state index contributed by atoms with van der Waals surface area (Å²) in [6.07, 6.45) is 0. The van der Waals surface area contributed by atoms with E-state index in [9.17, 15) is 0 Å².